The number of carbonyl (C=O) groups is 2. The van der Waals surface area contributed by atoms with Gasteiger partial charge >= 0.3 is 0 Å². The molecular formula is C20H39N3O2. The van der Waals surface area contributed by atoms with E-state index in [9.17, 15) is 9.59 Å². The van der Waals surface area contributed by atoms with Crippen LogP contribution < -0.4 is 11.1 Å². The summed E-state index contributed by atoms with van der Waals surface area (Å²) < 4.78 is 0. The van der Waals surface area contributed by atoms with E-state index in [1.165, 1.54) is 57.8 Å². The van der Waals surface area contributed by atoms with Gasteiger partial charge in [-0.3, -0.25) is 14.5 Å². The number of nitrogens with two attached hydrogens (primary N) is 1. The van der Waals surface area contributed by atoms with Crippen molar-refractivity contribution in [1.82, 2.24) is 10.2 Å². The quantitative estimate of drug-likeness (QED) is 0.471. The number of likely N-dealkylation sites (tertiary alicyclic amines) is 1. The summed E-state index contributed by atoms with van der Waals surface area (Å²) in [5, 5.41) is 3.00. The van der Waals surface area contributed by atoms with Gasteiger partial charge in [-0.2, -0.15) is 0 Å². The van der Waals surface area contributed by atoms with Crippen molar-refractivity contribution in [3.05, 3.63) is 0 Å². The zero-order valence-electron chi connectivity index (χ0n) is 16.2. The largest absolute Gasteiger partial charge is 0.369 e. The Morgan fingerprint density at radius 2 is 1.60 bits per heavy atom. The molecule has 2 amide bonds. The van der Waals surface area contributed by atoms with Crippen molar-refractivity contribution in [2.24, 2.45) is 11.7 Å². The smallest absolute Gasteiger partial charge is 0.234 e. The highest BCUT2D eigenvalue weighted by Crippen LogP contribution is 2.15. The predicted octanol–water partition coefficient (Wildman–Crippen LogP) is 3.22. The zero-order chi connectivity index (χ0) is 18.3. The maximum atomic E-state index is 12.0. The Bertz CT molecular complexity index is 374. The van der Waals surface area contributed by atoms with Crippen LogP contribution in [-0.4, -0.2) is 42.9 Å². The van der Waals surface area contributed by atoms with Crippen molar-refractivity contribution in [2.75, 3.05) is 26.2 Å². The molecular weight excluding hydrogens is 314 g/mol. The van der Waals surface area contributed by atoms with Gasteiger partial charge in [-0.15, -0.1) is 0 Å². The first kappa shape index (κ1) is 21.9. The van der Waals surface area contributed by atoms with Gasteiger partial charge in [0.2, 0.25) is 11.8 Å². The van der Waals surface area contributed by atoms with Crippen LogP contribution in [0.1, 0.15) is 84.0 Å². The Morgan fingerprint density at radius 3 is 2.20 bits per heavy atom. The minimum atomic E-state index is -0.240. The molecule has 1 atom stereocenters. The molecule has 1 saturated heterocycles. The molecule has 0 bridgehead atoms. The van der Waals surface area contributed by atoms with Gasteiger partial charge in [0.1, 0.15) is 0 Å². The molecule has 5 nitrogen and oxygen atoms in total. The van der Waals surface area contributed by atoms with E-state index in [4.69, 9.17) is 5.73 Å². The summed E-state index contributed by atoms with van der Waals surface area (Å²) in [6.45, 7) is 4.92. The van der Waals surface area contributed by atoms with Crippen LogP contribution in [0, 0.1) is 5.92 Å². The van der Waals surface area contributed by atoms with Crippen LogP contribution in [0.4, 0.5) is 0 Å². The molecule has 3 N–H and O–H groups in total. The lowest BCUT2D eigenvalue weighted by Crippen LogP contribution is -2.45. The van der Waals surface area contributed by atoms with E-state index in [0.717, 1.165) is 32.4 Å². The fourth-order valence-electron chi connectivity index (χ4n) is 3.53. The fraction of sp³-hybridized carbons (Fsp3) is 0.900. The van der Waals surface area contributed by atoms with Gasteiger partial charge in [-0.1, -0.05) is 64.7 Å². The summed E-state index contributed by atoms with van der Waals surface area (Å²) in [6, 6.07) is 0. The normalized spacial score (nSPS) is 18.2. The number of carbonyl (C=O) groups excluding carboxylic acids is 2. The number of nitrogens with zero attached hydrogens (tertiary/aromatic N) is 1. The third-order valence-electron chi connectivity index (χ3n) is 5.13. The predicted molar refractivity (Wildman–Crippen MR) is 103 cm³/mol. The molecule has 1 unspecified atom stereocenters. The van der Waals surface area contributed by atoms with E-state index in [1.807, 2.05) is 4.90 Å². The fourth-order valence-corrected chi connectivity index (χ4v) is 3.53. The number of primary amides is 1. The molecule has 146 valence electrons. The second-order valence-electron chi connectivity index (χ2n) is 7.51. The first-order chi connectivity index (χ1) is 12.1. The van der Waals surface area contributed by atoms with Gasteiger partial charge in [0, 0.05) is 13.1 Å². The van der Waals surface area contributed by atoms with Gasteiger partial charge in [-0.05, 0) is 25.8 Å². The summed E-state index contributed by atoms with van der Waals surface area (Å²) in [4.78, 5) is 25.3. The number of unbranched alkanes of at least 4 members (excludes halogenated alkanes) is 9. The van der Waals surface area contributed by atoms with E-state index in [2.05, 4.69) is 12.2 Å². The molecule has 1 aliphatic rings. The molecule has 5 heteroatoms. The highest BCUT2D eigenvalue weighted by Gasteiger charge is 2.24. The Hall–Kier alpha value is -1.10. The van der Waals surface area contributed by atoms with E-state index in [-0.39, 0.29) is 17.7 Å². The Balaban J connectivity index is 1.92. The molecule has 1 heterocycles. The van der Waals surface area contributed by atoms with Gasteiger partial charge < -0.3 is 11.1 Å². The zero-order valence-corrected chi connectivity index (χ0v) is 16.2. The van der Waals surface area contributed by atoms with Crippen molar-refractivity contribution >= 4 is 11.8 Å². The molecule has 0 saturated carbocycles. The number of hydrogen-bond donors (Lipinski definition) is 2. The van der Waals surface area contributed by atoms with Crippen LogP contribution in [0.5, 0.6) is 0 Å². The lowest BCUT2D eigenvalue weighted by molar-refractivity contribution is -0.126. The van der Waals surface area contributed by atoms with Gasteiger partial charge in [0.25, 0.3) is 0 Å². The maximum Gasteiger partial charge on any atom is 0.234 e. The minimum Gasteiger partial charge on any atom is -0.369 e. The second kappa shape index (κ2) is 14.1. The summed E-state index contributed by atoms with van der Waals surface area (Å²) in [7, 11) is 0. The average Bonchev–Trinajstić information content (AvgIpc) is 2.60. The molecule has 25 heavy (non-hydrogen) atoms. The van der Waals surface area contributed by atoms with Crippen LogP contribution in [-0.2, 0) is 9.59 Å². The third kappa shape index (κ3) is 11.2. The van der Waals surface area contributed by atoms with Crippen molar-refractivity contribution in [2.45, 2.75) is 84.0 Å². The Labute approximate surface area is 154 Å². The molecule has 0 radical (unpaired) electrons. The van der Waals surface area contributed by atoms with Crippen molar-refractivity contribution < 1.29 is 9.59 Å². The summed E-state index contributed by atoms with van der Waals surface area (Å²) in [6.07, 6.45) is 14.8. The van der Waals surface area contributed by atoms with E-state index < -0.39 is 0 Å². The number of amides is 2. The van der Waals surface area contributed by atoms with E-state index in [0.29, 0.717) is 13.1 Å². The van der Waals surface area contributed by atoms with Crippen LogP contribution in [0.2, 0.25) is 0 Å². The third-order valence-corrected chi connectivity index (χ3v) is 5.13. The molecule has 0 spiro atoms. The van der Waals surface area contributed by atoms with Gasteiger partial charge in [0.05, 0.1) is 12.5 Å². The van der Waals surface area contributed by atoms with Gasteiger partial charge in [0.15, 0.2) is 0 Å². The molecule has 0 aliphatic carbocycles. The Kier molecular flexibility index (Phi) is 12.4. The molecule has 1 aliphatic heterocycles. The molecule has 1 fully saturated rings. The van der Waals surface area contributed by atoms with Crippen molar-refractivity contribution in [3.63, 3.8) is 0 Å². The summed E-state index contributed by atoms with van der Waals surface area (Å²) in [5.74, 6) is -0.264. The van der Waals surface area contributed by atoms with E-state index >= 15 is 0 Å². The first-order valence-electron chi connectivity index (χ1n) is 10.4. The van der Waals surface area contributed by atoms with Crippen molar-refractivity contribution in [3.8, 4) is 0 Å². The van der Waals surface area contributed by atoms with Crippen molar-refractivity contribution in [1.29, 1.82) is 0 Å². The molecule has 1 rings (SSSR count). The monoisotopic (exact) mass is 353 g/mol. The van der Waals surface area contributed by atoms with Crippen LogP contribution in [0.15, 0.2) is 0 Å². The summed E-state index contributed by atoms with van der Waals surface area (Å²) in [5.41, 5.74) is 5.37. The number of hydrogen-bond acceptors (Lipinski definition) is 3. The standard InChI is InChI=1S/C20H39N3O2/c1-2-3-4-5-6-7-8-9-10-11-14-22-19(24)17-23-15-12-13-18(16-23)20(21)25/h18H,2-17H2,1H3,(H2,21,25)(H,22,24). The average molecular weight is 354 g/mol. The van der Waals surface area contributed by atoms with Gasteiger partial charge in [-0.25, -0.2) is 0 Å². The molecule has 0 aromatic rings. The molecule has 0 aromatic carbocycles. The highest BCUT2D eigenvalue weighted by atomic mass is 16.2. The first-order valence-corrected chi connectivity index (χ1v) is 10.4. The number of rotatable bonds is 14. The SMILES string of the molecule is CCCCCCCCCCCCNC(=O)CN1CCCC(C(N)=O)C1. The maximum absolute atomic E-state index is 12.0. The topological polar surface area (TPSA) is 75.4 Å². The second-order valence-corrected chi connectivity index (χ2v) is 7.51. The highest BCUT2D eigenvalue weighted by molar-refractivity contribution is 5.79. The number of piperidine rings is 1. The lowest BCUT2D eigenvalue weighted by Gasteiger charge is -2.30. The Morgan fingerprint density at radius 1 is 1.00 bits per heavy atom. The van der Waals surface area contributed by atoms with Crippen LogP contribution >= 0.6 is 0 Å². The lowest BCUT2D eigenvalue weighted by atomic mass is 9.97. The summed E-state index contributed by atoms with van der Waals surface area (Å²) >= 11 is 0. The van der Waals surface area contributed by atoms with Crippen LogP contribution in [0.3, 0.4) is 0 Å². The number of nitrogens with one attached hydrogen (secondary N) is 1. The van der Waals surface area contributed by atoms with Crippen LogP contribution in [0.25, 0.3) is 0 Å². The molecule has 0 aromatic heterocycles. The minimum absolute atomic E-state index is 0.0704. The van der Waals surface area contributed by atoms with E-state index in [1.54, 1.807) is 0 Å².